The Labute approximate surface area is 187 Å². The first-order valence-corrected chi connectivity index (χ1v) is 13.5. The number of amides is 2. The van der Waals surface area contributed by atoms with E-state index in [4.69, 9.17) is 0 Å². The number of benzene rings is 1. The quantitative estimate of drug-likeness (QED) is 0.379. The van der Waals surface area contributed by atoms with Crippen molar-refractivity contribution < 1.29 is 18.0 Å². The number of sulfone groups is 1. The lowest BCUT2D eigenvalue weighted by Gasteiger charge is -2.29. The third-order valence-corrected chi connectivity index (χ3v) is 9.43. The van der Waals surface area contributed by atoms with E-state index in [1.165, 1.54) is 11.3 Å². The molecule has 2 amide bonds. The molecule has 1 aliphatic carbocycles. The van der Waals surface area contributed by atoms with Crippen molar-refractivity contribution in [2.45, 2.75) is 102 Å². The van der Waals surface area contributed by atoms with Gasteiger partial charge in [-0.2, -0.15) is 0 Å². The van der Waals surface area contributed by atoms with Gasteiger partial charge in [0.1, 0.15) is 0 Å². The molecule has 1 aliphatic heterocycles. The largest absolute Gasteiger partial charge is 0.271 e. The molecule has 0 unspecified atom stereocenters. The normalized spacial score (nSPS) is 18.0. The molecule has 0 radical (unpaired) electrons. The van der Waals surface area contributed by atoms with Crippen LogP contribution in [-0.4, -0.2) is 41.7 Å². The standard InChI is InChI=1S/C25H37NO4S/c1-25(2,3)31(29,30)17-11-6-4-5-8-12-19-15-16-21-22(18-19)24(28)26(23(21)27)20-13-9-7-10-14-20/h15-16,18,20H,4-14,17H2,1-3H3. The van der Waals surface area contributed by atoms with Gasteiger partial charge in [-0.1, -0.05) is 44.6 Å². The number of carbonyl (C=O) groups is 2. The summed E-state index contributed by atoms with van der Waals surface area (Å²) in [7, 11) is -3.03. The molecule has 6 heteroatoms. The first-order valence-electron chi connectivity index (χ1n) is 11.8. The molecular weight excluding hydrogens is 410 g/mol. The Morgan fingerprint density at radius 1 is 0.871 bits per heavy atom. The molecule has 2 aliphatic rings. The van der Waals surface area contributed by atoms with Crippen molar-refractivity contribution in [2.24, 2.45) is 0 Å². The van der Waals surface area contributed by atoms with E-state index in [1.807, 2.05) is 18.2 Å². The maximum Gasteiger partial charge on any atom is 0.261 e. The maximum absolute atomic E-state index is 12.9. The zero-order chi connectivity index (χ0) is 22.6. The summed E-state index contributed by atoms with van der Waals surface area (Å²) in [5.41, 5.74) is 2.22. The maximum atomic E-state index is 12.9. The lowest BCUT2D eigenvalue weighted by molar-refractivity contribution is 0.0549. The number of hydrogen-bond acceptors (Lipinski definition) is 4. The van der Waals surface area contributed by atoms with E-state index in [1.54, 1.807) is 20.8 Å². The average Bonchev–Trinajstić information content (AvgIpc) is 2.97. The Morgan fingerprint density at radius 3 is 2.16 bits per heavy atom. The second-order valence-electron chi connectivity index (χ2n) is 10.1. The highest BCUT2D eigenvalue weighted by atomic mass is 32.2. The fourth-order valence-electron chi connectivity index (χ4n) is 4.59. The summed E-state index contributed by atoms with van der Waals surface area (Å²) in [5.74, 6) is 0.0204. The molecule has 1 saturated carbocycles. The van der Waals surface area contributed by atoms with Crippen LogP contribution in [0, 0.1) is 0 Å². The Kier molecular flexibility index (Phi) is 7.61. The van der Waals surface area contributed by atoms with E-state index in [0.717, 1.165) is 63.4 Å². The summed E-state index contributed by atoms with van der Waals surface area (Å²) in [6, 6.07) is 5.77. The van der Waals surface area contributed by atoms with Crippen LogP contribution in [0.3, 0.4) is 0 Å². The number of carbonyl (C=O) groups excluding carboxylic acids is 2. The first kappa shape index (κ1) is 24.0. The molecule has 0 saturated heterocycles. The molecule has 1 fully saturated rings. The predicted octanol–water partition coefficient (Wildman–Crippen LogP) is 5.32. The smallest absolute Gasteiger partial charge is 0.261 e. The average molecular weight is 448 g/mol. The van der Waals surface area contributed by atoms with Crippen LogP contribution in [0.15, 0.2) is 18.2 Å². The Bertz CT molecular complexity index is 908. The SMILES string of the molecule is CC(C)(C)S(=O)(=O)CCCCCCCc1ccc2c(c1)C(=O)N(C1CCCCC1)C2=O. The fraction of sp³-hybridized carbons (Fsp3) is 0.680. The van der Waals surface area contributed by atoms with E-state index in [-0.39, 0.29) is 23.6 Å². The summed E-state index contributed by atoms with van der Waals surface area (Å²) in [5, 5.41) is 0. The van der Waals surface area contributed by atoms with Crippen molar-refractivity contribution in [2.75, 3.05) is 5.75 Å². The van der Waals surface area contributed by atoms with Crippen LogP contribution in [0.4, 0.5) is 0 Å². The molecule has 1 aromatic rings. The van der Waals surface area contributed by atoms with Gasteiger partial charge >= 0.3 is 0 Å². The van der Waals surface area contributed by atoms with E-state index in [9.17, 15) is 18.0 Å². The molecule has 1 heterocycles. The number of hydrogen-bond donors (Lipinski definition) is 0. The van der Waals surface area contributed by atoms with Crippen LogP contribution >= 0.6 is 0 Å². The topological polar surface area (TPSA) is 71.5 Å². The van der Waals surface area contributed by atoms with E-state index < -0.39 is 14.6 Å². The van der Waals surface area contributed by atoms with Crippen molar-refractivity contribution in [1.29, 1.82) is 0 Å². The van der Waals surface area contributed by atoms with Crippen molar-refractivity contribution in [3.8, 4) is 0 Å². The summed E-state index contributed by atoms with van der Waals surface area (Å²) >= 11 is 0. The number of rotatable bonds is 9. The monoisotopic (exact) mass is 447 g/mol. The van der Waals surface area contributed by atoms with Crippen molar-refractivity contribution in [1.82, 2.24) is 4.90 Å². The van der Waals surface area contributed by atoms with Crippen molar-refractivity contribution in [3.63, 3.8) is 0 Å². The van der Waals surface area contributed by atoms with E-state index in [0.29, 0.717) is 17.5 Å². The third kappa shape index (κ3) is 5.57. The highest BCUT2D eigenvalue weighted by Gasteiger charge is 2.40. The van der Waals surface area contributed by atoms with Crippen molar-refractivity contribution >= 4 is 21.7 Å². The summed E-state index contributed by atoms with van der Waals surface area (Å²) in [6.45, 7) is 5.27. The molecule has 1 aromatic carbocycles. The van der Waals surface area contributed by atoms with Crippen LogP contribution < -0.4 is 0 Å². The lowest BCUT2D eigenvalue weighted by atomic mass is 9.94. The third-order valence-electron chi connectivity index (χ3n) is 6.73. The number of imide groups is 1. The highest BCUT2D eigenvalue weighted by molar-refractivity contribution is 7.92. The molecule has 0 atom stereocenters. The van der Waals surface area contributed by atoms with Crippen molar-refractivity contribution in [3.05, 3.63) is 34.9 Å². The van der Waals surface area contributed by atoms with Gasteiger partial charge in [-0.05, 0) is 70.6 Å². The lowest BCUT2D eigenvalue weighted by Crippen LogP contribution is -2.40. The van der Waals surface area contributed by atoms with Gasteiger partial charge in [0.05, 0.1) is 21.6 Å². The molecule has 0 bridgehead atoms. The zero-order valence-corrected chi connectivity index (χ0v) is 20.1. The van der Waals surface area contributed by atoms with Gasteiger partial charge in [-0.3, -0.25) is 14.5 Å². The van der Waals surface area contributed by atoms with Gasteiger partial charge in [-0.25, -0.2) is 8.42 Å². The molecule has 31 heavy (non-hydrogen) atoms. The minimum atomic E-state index is -3.03. The van der Waals surface area contributed by atoms with Crippen LogP contribution in [0.1, 0.15) is 111 Å². The summed E-state index contributed by atoms with van der Waals surface area (Å²) < 4.78 is 23.6. The first-order chi connectivity index (χ1) is 14.6. The van der Waals surface area contributed by atoms with Crippen LogP contribution in [0.2, 0.25) is 0 Å². The number of aryl methyl sites for hydroxylation is 1. The Morgan fingerprint density at radius 2 is 1.48 bits per heavy atom. The minimum absolute atomic E-state index is 0.0618. The van der Waals surface area contributed by atoms with Gasteiger partial charge in [-0.15, -0.1) is 0 Å². The Hall–Kier alpha value is -1.69. The van der Waals surface area contributed by atoms with Crippen LogP contribution in [-0.2, 0) is 16.3 Å². The molecule has 0 spiro atoms. The summed E-state index contributed by atoms with van der Waals surface area (Å²) in [4.78, 5) is 27.2. The fourth-order valence-corrected chi connectivity index (χ4v) is 5.79. The van der Waals surface area contributed by atoms with Crippen LogP contribution in [0.5, 0.6) is 0 Å². The molecule has 172 valence electrons. The van der Waals surface area contributed by atoms with Gasteiger partial charge in [0.2, 0.25) is 0 Å². The molecule has 3 rings (SSSR count). The molecule has 5 nitrogen and oxygen atoms in total. The molecular formula is C25H37NO4S. The van der Waals surface area contributed by atoms with E-state index >= 15 is 0 Å². The summed E-state index contributed by atoms with van der Waals surface area (Å²) in [6.07, 6.45) is 10.8. The van der Waals surface area contributed by atoms with Gasteiger partial charge < -0.3 is 0 Å². The Balaban J connectivity index is 1.45. The number of fused-ring (bicyclic) bond motifs is 1. The van der Waals surface area contributed by atoms with Gasteiger partial charge in [0.25, 0.3) is 11.8 Å². The van der Waals surface area contributed by atoms with Gasteiger partial charge in [0, 0.05) is 6.04 Å². The van der Waals surface area contributed by atoms with E-state index in [2.05, 4.69) is 0 Å². The number of nitrogens with zero attached hydrogens (tertiary/aromatic N) is 1. The zero-order valence-electron chi connectivity index (χ0n) is 19.3. The molecule has 0 aromatic heterocycles. The molecule has 0 N–H and O–H groups in total. The predicted molar refractivity (Wildman–Crippen MR) is 124 cm³/mol. The minimum Gasteiger partial charge on any atom is -0.271 e. The van der Waals surface area contributed by atoms with Crippen LogP contribution in [0.25, 0.3) is 0 Å². The van der Waals surface area contributed by atoms with Gasteiger partial charge in [0.15, 0.2) is 9.84 Å². The number of unbranched alkanes of at least 4 members (excludes halogenated alkanes) is 4. The second-order valence-corrected chi connectivity index (χ2v) is 13.0. The highest BCUT2D eigenvalue weighted by Crippen LogP contribution is 2.31. The second kappa shape index (κ2) is 9.85.